The first kappa shape index (κ1) is 5.19. The Kier molecular flexibility index (Phi) is 1.13. The van der Waals surface area contributed by atoms with Crippen LogP contribution in [0.2, 0.25) is 5.82 Å². The molecule has 4 N–H and O–H groups in total. The Morgan fingerprint density at radius 1 is 1.71 bits per heavy atom. The SMILES string of the molecule is BB1[C@@H](CN)[C@H]1N. The molecule has 0 radical (unpaired) electrons. The summed E-state index contributed by atoms with van der Waals surface area (Å²) >= 11 is 0. The fourth-order valence-corrected chi connectivity index (χ4v) is 0.951. The van der Waals surface area contributed by atoms with Crippen LogP contribution in [0.5, 0.6) is 0 Å². The van der Waals surface area contributed by atoms with Crippen LogP contribution in [-0.2, 0) is 0 Å². The van der Waals surface area contributed by atoms with Crippen LogP contribution in [0.3, 0.4) is 0 Å². The highest BCUT2D eigenvalue weighted by atomic mass is 14.7. The van der Waals surface area contributed by atoms with Crippen molar-refractivity contribution in [2.75, 3.05) is 6.54 Å². The van der Waals surface area contributed by atoms with Gasteiger partial charge in [-0.3, -0.25) is 0 Å². The van der Waals surface area contributed by atoms with Crippen LogP contribution in [0.25, 0.3) is 0 Å². The third kappa shape index (κ3) is 0.683. The maximum Gasteiger partial charge on any atom is 0.127 e. The van der Waals surface area contributed by atoms with E-state index in [0.29, 0.717) is 18.4 Å². The predicted octanol–water partition coefficient (Wildman–Crippen LogP) is -2.18. The molecule has 0 aromatic carbocycles. The molecule has 1 fully saturated rings. The first-order valence-electron chi connectivity index (χ1n) is 2.73. The summed E-state index contributed by atoms with van der Waals surface area (Å²) in [4.78, 5) is 0. The Bertz CT molecular complexity index is 69.3. The van der Waals surface area contributed by atoms with Gasteiger partial charge in [0.25, 0.3) is 0 Å². The van der Waals surface area contributed by atoms with Gasteiger partial charge in [0.05, 0.1) is 7.74 Å². The second-order valence-electron chi connectivity index (χ2n) is 2.34. The van der Waals surface area contributed by atoms with Crippen LogP contribution in [0, 0.1) is 0 Å². The lowest BCUT2D eigenvalue weighted by molar-refractivity contribution is 0.897. The molecule has 1 rings (SSSR count). The Morgan fingerprint density at radius 3 is 2.14 bits per heavy atom. The smallest absolute Gasteiger partial charge is 0.127 e. The fourth-order valence-electron chi connectivity index (χ4n) is 0.951. The monoisotopic (exact) mass is 96.1 g/mol. The minimum atomic E-state index is 0.407. The molecule has 0 bridgehead atoms. The predicted molar refractivity (Wildman–Crippen MR) is 35.1 cm³/mol. The van der Waals surface area contributed by atoms with Gasteiger partial charge in [0.15, 0.2) is 0 Å². The van der Waals surface area contributed by atoms with Crippen molar-refractivity contribution in [2.45, 2.75) is 11.8 Å². The highest BCUT2D eigenvalue weighted by Crippen LogP contribution is 2.29. The first-order valence-corrected chi connectivity index (χ1v) is 2.73. The van der Waals surface area contributed by atoms with Crippen LogP contribution < -0.4 is 11.5 Å². The second kappa shape index (κ2) is 1.53. The van der Waals surface area contributed by atoms with Crippen LogP contribution in [0.1, 0.15) is 0 Å². The van der Waals surface area contributed by atoms with Crippen molar-refractivity contribution in [3.8, 4) is 0 Å². The van der Waals surface area contributed by atoms with E-state index < -0.39 is 0 Å². The Balaban J connectivity index is 2.24. The van der Waals surface area contributed by atoms with Gasteiger partial charge in [-0.15, -0.1) is 0 Å². The van der Waals surface area contributed by atoms with Gasteiger partial charge in [-0.2, -0.15) is 0 Å². The average Bonchev–Trinajstić information content (AvgIpc) is 2.17. The number of hydrogen-bond acceptors (Lipinski definition) is 2. The van der Waals surface area contributed by atoms with Gasteiger partial charge in [0.2, 0.25) is 0 Å². The molecular formula is C3H10B2N2. The van der Waals surface area contributed by atoms with E-state index in [2.05, 4.69) is 7.74 Å². The van der Waals surface area contributed by atoms with Crippen molar-refractivity contribution in [3.63, 3.8) is 0 Å². The van der Waals surface area contributed by atoms with E-state index in [4.69, 9.17) is 11.5 Å². The molecule has 0 aromatic heterocycles. The highest BCUT2D eigenvalue weighted by molar-refractivity contribution is 7.12. The lowest BCUT2D eigenvalue weighted by atomic mass is 9.46. The summed E-state index contributed by atoms with van der Waals surface area (Å²) in [5, 5.41) is 0. The molecule has 0 unspecified atom stereocenters. The summed E-state index contributed by atoms with van der Waals surface area (Å²) in [5.74, 6) is 1.03. The molecule has 0 spiro atoms. The minimum Gasteiger partial charge on any atom is -0.336 e. The zero-order chi connectivity index (χ0) is 5.44. The number of nitrogens with two attached hydrogens (primary N) is 2. The van der Waals surface area contributed by atoms with Crippen molar-refractivity contribution in [2.24, 2.45) is 11.5 Å². The summed E-state index contributed by atoms with van der Waals surface area (Å²) in [6, 6.07) is 0. The normalized spacial score (nSPS) is 38.9. The van der Waals surface area contributed by atoms with Crippen LogP contribution >= 0.6 is 0 Å². The van der Waals surface area contributed by atoms with Crippen molar-refractivity contribution in [1.29, 1.82) is 0 Å². The quantitative estimate of drug-likeness (QED) is 0.364. The van der Waals surface area contributed by atoms with Gasteiger partial charge in [0, 0.05) is 0 Å². The zero-order valence-corrected chi connectivity index (χ0v) is 4.59. The Morgan fingerprint density at radius 2 is 2.14 bits per heavy atom. The second-order valence-corrected chi connectivity index (χ2v) is 2.34. The molecule has 0 amide bonds. The maximum atomic E-state index is 5.54. The van der Waals surface area contributed by atoms with Gasteiger partial charge in [-0.05, 0) is 18.3 Å². The molecule has 0 saturated carbocycles. The molecule has 2 nitrogen and oxygen atoms in total. The summed E-state index contributed by atoms with van der Waals surface area (Å²) in [6.07, 6.45) is 0. The van der Waals surface area contributed by atoms with Gasteiger partial charge in [-0.1, -0.05) is 0 Å². The summed E-state index contributed by atoms with van der Waals surface area (Å²) in [5.41, 5.74) is 10.9. The van der Waals surface area contributed by atoms with Crippen molar-refractivity contribution in [3.05, 3.63) is 0 Å². The molecule has 1 aliphatic rings. The van der Waals surface area contributed by atoms with E-state index in [1.165, 1.54) is 0 Å². The van der Waals surface area contributed by atoms with Gasteiger partial charge < -0.3 is 11.5 Å². The molecule has 1 aliphatic heterocycles. The Hall–Kier alpha value is 0.0499. The summed E-state index contributed by atoms with van der Waals surface area (Å²) in [6.45, 7) is 1.45. The molecule has 0 aromatic rings. The highest BCUT2D eigenvalue weighted by Gasteiger charge is 2.44. The van der Waals surface area contributed by atoms with Gasteiger partial charge in [0.1, 0.15) is 6.60 Å². The maximum absolute atomic E-state index is 5.54. The lowest BCUT2D eigenvalue weighted by Gasteiger charge is -1.83. The largest absolute Gasteiger partial charge is 0.336 e. The Labute approximate surface area is 45.1 Å². The first-order chi connectivity index (χ1) is 3.27. The number of hydrogen-bond donors (Lipinski definition) is 2. The molecule has 1 saturated heterocycles. The van der Waals surface area contributed by atoms with Crippen molar-refractivity contribution in [1.82, 2.24) is 0 Å². The van der Waals surface area contributed by atoms with E-state index in [1.54, 1.807) is 0 Å². The van der Waals surface area contributed by atoms with Crippen molar-refractivity contribution < 1.29 is 0 Å². The van der Waals surface area contributed by atoms with E-state index >= 15 is 0 Å². The molecule has 1 heterocycles. The topological polar surface area (TPSA) is 52.0 Å². The van der Waals surface area contributed by atoms with E-state index in [9.17, 15) is 0 Å². The average molecular weight is 95.8 g/mol. The third-order valence-electron chi connectivity index (χ3n) is 1.91. The third-order valence-corrected chi connectivity index (χ3v) is 1.91. The van der Waals surface area contributed by atoms with E-state index in [0.717, 1.165) is 6.54 Å². The van der Waals surface area contributed by atoms with E-state index in [1.807, 2.05) is 0 Å². The summed E-state index contributed by atoms with van der Waals surface area (Å²) < 4.78 is 0. The van der Waals surface area contributed by atoms with Gasteiger partial charge in [-0.25, -0.2) is 0 Å². The van der Waals surface area contributed by atoms with Crippen molar-refractivity contribution >= 4 is 14.3 Å². The van der Waals surface area contributed by atoms with Crippen LogP contribution in [0.15, 0.2) is 0 Å². The molecule has 2 atom stereocenters. The molecule has 7 heavy (non-hydrogen) atoms. The van der Waals surface area contributed by atoms with Crippen LogP contribution in [0.4, 0.5) is 0 Å². The number of rotatable bonds is 1. The molecule has 4 heteroatoms. The molecule has 38 valence electrons. The summed E-state index contributed by atoms with van der Waals surface area (Å²) in [7, 11) is 2.14. The van der Waals surface area contributed by atoms with Crippen LogP contribution in [-0.4, -0.2) is 26.8 Å². The molecular weight excluding hydrogens is 85.7 g/mol. The zero-order valence-electron chi connectivity index (χ0n) is 4.59. The van der Waals surface area contributed by atoms with Gasteiger partial charge >= 0.3 is 0 Å². The van der Waals surface area contributed by atoms with E-state index in [-0.39, 0.29) is 0 Å². The fraction of sp³-hybridized carbons (Fsp3) is 1.00. The minimum absolute atomic E-state index is 0.407. The lowest BCUT2D eigenvalue weighted by Crippen LogP contribution is -2.08. The molecule has 0 aliphatic carbocycles. The standard InChI is InChI=1S/C3H10B2N2/c4-5-2(1-6)3(5)7/h2-3H,1,4,6-7H2/t2-,3+/m0/s1.